The molecule has 0 saturated carbocycles. The van der Waals surface area contributed by atoms with Gasteiger partial charge in [-0.25, -0.2) is 4.79 Å². The Hall–Kier alpha value is -3.30. The molecular formula is C40H64NO7+. The molecule has 0 heterocycles. The molecule has 8 heteroatoms. The zero-order valence-electron chi connectivity index (χ0n) is 30.1. The van der Waals surface area contributed by atoms with E-state index >= 15 is 0 Å². The summed E-state index contributed by atoms with van der Waals surface area (Å²) in [6.45, 7) is 2.39. The maximum atomic E-state index is 11.9. The molecule has 0 aromatic carbocycles. The summed E-state index contributed by atoms with van der Waals surface area (Å²) in [5, 5.41) is 19.2. The van der Waals surface area contributed by atoms with Crippen molar-refractivity contribution in [1.82, 2.24) is 0 Å². The topological polar surface area (TPSA) is 102 Å². The van der Waals surface area contributed by atoms with E-state index in [1.165, 1.54) is 0 Å². The zero-order valence-corrected chi connectivity index (χ0v) is 30.1. The number of unbranched alkanes of at least 4 members (excludes halogenated alkanes) is 2. The van der Waals surface area contributed by atoms with E-state index in [1.807, 2.05) is 21.1 Å². The van der Waals surface area contributed by atoms with Crippen molar-refractivity contribution in [2.75, 3.05) is 47.5 Å². The standard InChI is InChI=1S/C40H63NO7/c1-5-6-7-8-9-10-11-12-13-14-15-16-17-18-19-20-21-22-23-24-25-26-27-28-29-30-31-32-38(43)47-35-37(42)36-48-40(39(44)45)46-34-33-41(2,3)4/h6-7,9-10,12-13,15-16,18-19,21-22,24-25,27-28,37,40,42H,5,8,11,14,17,20,23,26,29-36H2,1-4H3/p+1/b7-6-,10-9-,13-12-,16-15-,19-18-,22-21-,25-24-,28-27-. The lowest BCUT2D eigenvalue weighted by Crippen LogP contribution is -2.40. The van der Waals surface area contributed by atoms with Crippen LogP contribution in [0.4, 0.5) is 0 Å². The molecule has 0 radical (unpaired) electrons. The highest BCUT2D eigenvalue weighted by molar-refractivity contribution is 5.70. The maximum Gasteiger partial charge on any atom is 0.361 e. The number of esters is 1. The lowest BCUT2D eigenvalue weighted by atomic mass is 10.2. The smallest absolute Gasteiger partial charge is 0.361 e. The Kier molecular flexibility index (Phi) is 30.0. The van der Waals surface area contributed by atoms with Gasteiger partial charge in [0.1, 0.15) is 19.3 Å². The maximum absolute atomic E-state index is 11.9. The number of aliphatic hydroxyl groups is 1. The van der Waals surface area contributed by atoms with Crippen LogP contribution in [0.5, 0.6) is 0 Å². The summed E-state index contributed by atoms with van der Waals surface area (Å²) in [6, 6.07) is 0. The molecule has 48 heavy (non-hydrogen) atoms. The Morgan fingerprint density at radius 2 is 1.06 bits per heavy atom. The molecule has 0 bridgehead atoms. The van der Waals surface area contributed by atoms with Crippen LogP contribution in [0.25, 0.3) is 0 Å². The molecule has 0 aromatic rings. The van der Waals surface area contributed by atoms with Gasteiger partial charge in [0.25, 0.3) is 6.29 Å². The molecule has 0 aliphatic carbocycles. The number of aliphatic hydroxyl groups excluding tert-OH is 1. The van der Waals surface area contributed by atoms with E-state index in [4.69, 9.17) is 14.2 Å². The van der Waals surface area contributed by atoms with Crippen molar-refractivity contribution in [3.05, 3.63) is 97.2 Å². The SMILES string of the molecule is CC/C=C\C/C=C\C/C=C\C/C=C\C/C=C\C/C=C\C/C=C\C/C=C\CCCCC(=O)OCC(O)COC(OCC[N+](C)(C)C)C(=O)O. The highest BCUT2D eigenvalue weighted by Gasteiger charge is 2.22. The number of carboxylic acid groups (broad SMARTS) is 1. The summed E-state index contributed by atoms with van der Waals surface area (Å²) >= 11 is 0. The first-order valence-corrected chi connectivity index (χ1v) is 17.5. The van der Waals surface area contributed by atoms with E-state index in [0.29, 0.717) is 17.4 Å². The molecule has 0 rings (SSSR count). The van der Waals surface area contributed by atoms with Crippen LogP contribution in [0.1, 0.15) is 84.0 Å². The van der Waals surface area contributed by atoms with E-state index in [-0.39, 0.29) is 26.2 Å². The van der Waals surface area contributed by atoms with Crippen molar-refractivity contribution in [1.29, 1.82) is 0 Å². The number of hydrogen-bond acceptors (Lipinski definition) is 6. The average molecular weight is 671 g/mol. The number of hydrogen-bond donors (Lipinski definition) is 2. The van der Waals surface area contributed by atoms with Gasteiger partial charge in [-0.3, -0.25) is 4.79 Å². The van der Waals surface area contributed by atoms with Crippen LogP contribution in [0, 0.1) is 0 Å². The van der Waals surface area contributed by atoms with Gasteiger partial charge in [0.2, 0.25) is 0 Å². The predicted octanol–water partition coefficient (Wildman–Crippen LogP) is 8.19. The van der Waals surface area contributed by atoms with Crippen molar-refractivity contribution < 1.29 is 38.5 Å². The summed E-state index contributed by atoms with van der Waals surface area (Å²) in [4.78, 5) is 23.2. The third kappa shape index (κ3) is 34.0. The molecule has 270 valence electrons. The molecule has 0 aliphatic heterocycles. The van der Waals surface area contributed by atoms with Gasteiger partial charge in [-0.15, -0.1) is 0 Å². The highest BCUT2D eigenvalue weighted by Crippen LogP contribution is 2.05. The van der Waals surface area contributed by atoms with Gasteiger partial charge in [-0.1, -0.05) is 104 Å². The van der Waals surface area contributed by atoms with Crippen LogP contribution in [-0.2, 0) is 23.8 Å². The van der Waals surface area contributed by atoms with E-state index < -0.39 is 24.3 Å². The Morgan fingerprint density at radius 1 is 0.625 bits per heavy atom. The first-order valence-electron chi connectivity index (χ1n) is 17.5. The van der Waals surface area contributed by atoms with Crippen LogP contribution >= 0.6 is 0 Å². The summed E-state index contributed by atoms with van der Waals surface area (Å²) in [7, 11) is 5.89. The minimum atomic E-state index is -1.48. The number of ether oxygens (including phenoxy) is 3. The summed E-state index contributed by atoms with van der Waals surface area (Å²) in [5.41, 5.74) is 0. The molecule has 2 unspecified atom stereocenters. The van der Waals surface area contributed by atoms with Gasteiger partial charge in [0, 0.05) is 6.42 Å². The number of carbonyl (C=O) groups excluding carboxylic acids is 1. The van der Waals surface area contributed by atoms with Gasteiger partial charge in [-0.05, 0) is 70.6 Å². The normalized spacial score (nSPS) is 14.4. The van der Waals surface area contributed by atoms with Crippen LogP contribution in [-0.4, -0.2) is 86.5 Å². The largest absolute Gasteiger partial charge is 0.477 e. The number of carboxylic acids is 1. The average Bonchev–Trinajstić information content (AvgIpc) is 3.04. The van der Waals surface area contributed by atoms with Gasteiger partial charge in [-0.2, -0.15) is 0 Å². The minimum Gasteiger partial charge on any atom is -0.477 e. The quantitative estimate of drug-likeness (QED) is 0.0261. The molecule has 0 amide bonds. The fourth-order valence-electron chi connectivity index (χ4n) is 3.85. The molecule has 8 nitrogen and oxygen atoms in total. The number of aliphatic carboxylic acids is 1. The van der Waals surface area contributed by atoms with Crippen molar-refractivity contribution >= 4 is 11.9 Å². The first-order chi connectivity index (χ1) is 23.2. The van der Waals surface area contributed by atoms with Crippen LogP contribution in [0.3, 0.4) is 0 Å². The van der Waals surface area contributed by atoms with E-state index in [0.717, 1.165) is 64.2 Å². The predicted molar refractivity (Wildman–Crippen MR) is 197 cm³/mol. The van der Waals surface area contributed by atoms with Gasteiger partial charge in [0.05, 0.1) is 34.4 Å². The lowest BCUT2D eigenvalue weighted by molar-refractivity contribution is -0.870. The first kappa shape index (κ1) is 44.7. The molecule has 0 aromatic heterocycles. The Balaban J connectivity index is 3.77. The van der Waals surface area contributed by atoms with Gasteiger partial charge in [0.15, 0.2) is 0 Å². The minimum absolute atomic E-state index is 0.197. The van der Waals surface area contributed by atoms with Gasteiger partial charge < -0.3 is 28.9 Å². The number of quaternary nitrogens is 1. The molecule has 0 fully saturated rings. The Labute approximate surface area is 291 Å². The monoisotopic (exact) mass is 670 g/mol. The highest BCUT2D eigenvalue weighted by atomic mass is 16.7. The number of rotatable bonds is 30. The fraction of sp³-hybridized carbons (Fsp3) is 0.550. The summed E-state index contributed by atoms with van der Waals surface area (Å²) < 4.78 is 16.1. The van der Waals surface area contributed by atoms with Crippen LogP contribution in [0.15, 0.2) is 97.2 Å². The van der Waals surface area contributed by atoms with E-state index in [9.17, 15) is 19.8 Å². The van der Waals surface area contributed by atoms with Crippen molar-refractivity contribution in [2.24, 2.45) is 0 Å². The molecule has 0 spiro atoms. The van der Waals surface area contributed by atoms with Gasteiger partial charge >= 0.3 is 11.9 Å². The number of carbonyl (C=O) groups is 2. The zero-order chi connectivity index (χ0) is 35.6. The molecule has 0 aliphatic rings. The molecule has 0 saturated heterocycles. The van der Waals surface area contributed by atoms with E-state index in [1.54, 1.807) is 0 Å². The molecular weight excluding hydrogens is 606 g/mol. The van der Waals surface area contributed by atoms with Crippen LogP contribution < -0.4 is 0 Å². The fourth-order valence-corrected chi connectivity index (χ4v) is 3.85. The third-order valence-electron chi connectivity index (χ3n) is 6.59. The second-order valence-electron chi connectivity index (χ2n) is 12.3. The number of likely N-dealkylation sites (N-methyl/N-ethyl adjacent to an activating group) is 1. The number of allylic oxidation sites excluding steroid dienone is 16. The Bertz CT molecular complexity index is 1040. The second kappa shape index (κ2) is 32.3. The van der Waals surface area contributed by atoms with Crippen molar-refractivity contribution in [3.63, 3.8) is 0 Å². The van der Waals surface area contributed by atoms with E-state index in [2.05, 4.69) is 104 Å². The molecule has 2 atom stereocenters. The molecule has 2 N–H and O–H groups in total. The summed E-state index contributed by atoms with van der Waals surface area (Å²) in [5.74, 6) is -1.67. The van der Waals surface area contributed by atoms with Crippen molar-refractivity contribution in [3.8, 4) is 0 Å². The third-order valence-corrected chi connectivity index (χ3v) is 6.59. The second-order valence-corrected chi connectivity index (χ2v) is 12.3. The number of nitrogens with zero attached hydrogens (tertiary/aromatic N) is 1. The van der Waals surface area contributed by atoms with Crippen LogP contribution in [0.2, 0.25) is 0 Å². The summed E-state index contributed by atoms with van der Waals surface area (Å²) in [6.07, 6.45) is 42.9. The lowest BCUT2D eigenvalue weighted by Gasteiger charge is -2.24. The Morgan fingerprint density at radius 3 is 1.48 bits per heavy atom. The van der Waals surface area contributed by atoms with Crippen molar-refractivity contribution in [2.45, 2.75) is 96.4 Å².